The van der Waals surface area contributed by atoms with Crippen LogP contribution in [-0.4, -0.2) is 43.4 Å². The molecule has 1 aliphatic rings. The van der Waals surface area contributed by atoms with Crippen molar-refractivity contribution < 1.29 is 4.79 Å². The third kappa shape index (κ3) is 3.08. The molecule has 1 amide bonds. The van der Waals surface area contributed by atoms with Crippen LogP contribution in [-0.2, 0) is 4.79 Å². The van der Waals surface area contributed by atoms with E-state index in [1.54, 1.807) is 12.4 Å². The molecule has 3 aromatic heterocycles. The van der Waals surface area contributed by atoms with E-state index in [2.05, 4.69) is 15.0 Å². The average Bonchev–Trinajstić information content (AvgIpc) is 3.41. The second-order valence-electron chi connectivity index (χ2n) is 7.01. The molecule has 4 heterocycles. The number of H-pyrrole nitrogens is 1. The number of hydrogen-bond donors (Lipinski definition) is 2. The lowest BCUT2D eigenvalue weighted by Gasteiger charge is -2.23. The number of pyridine rings is 1. The first-order valence-electron chi connectivity index (χ1n) is 9.50. The molecule has 0 unspecified atom stereocenters. The number of carbonyl (C=O) groups is 1. The normalized spacial score (nSPS) is 16.4. The topological polar surface area (TPSA) is 114 Å². The number of primary amides is 1. The molecule has 1 fully saturated rings. The first-order valence-corrected chi connectivity index (χ1v) is 9.50. The Morgan fingerprint density at radius 2 is 1.83 bits per heavy atom. The van der Waals surface area contributed by atoms with Crippen molar-refractivity contribution in [3.05, 3.63) is 54.9 Å². The van der Waals surface area contributed by atoms with Gasteiger partial charge in [-0.2, -0.15) is 0 Å². The molecule has 0 spiro atoms. The molecule has 144 valence electrons. The van der Waals surface area contributed by atoms with Gasteiger partial charge in [-0.25, -0.2) is 15.0 Å². The van der Waals surface area contributed by atoms with E-state index in [0.717, 1.165) is 17.5 Å². The molecule has 0 saturated carbocycles. The van der Waals surface area contributed by atoms with E-state index in [-0.39, 0.29) is 11.9 Å². The zero-order valence-corrected chi connectivity index (χ0v) is 15.6. The van der Waals surface area contributed by atoms with Gasteiger partial charge in [-0.1, -0.05) is 30.3 Å². The Labute approximate surface area is 166 Å². The van der Waals surface area contributed by atoms with Crippen LogP contribution in [0.4, 0.5) is 5.82 Å². The zero-order chi connectivity index (χ0) is 19.8. The summed E-state index contributed by atoms with van der Waals surface area (Å²) in [6, 6.07) is 13.2. The van der Waals surface area contributed by atoms with Gasteiger partial charge in [-0.15, -0.1) is 0 Å². The number of amides is 1. The molecule has 3 N–H and O–H groups in total. The van der Waals surface area contributed by atoms with Crippen molar-refractivity contribution in [2.45, 2.75) is 18.9 Å². The summed E-state index contributed by atoms with van der Waals surface area (Å²) in [4.78, 5) is 35.6. The number of fused-ring (bicyclic) bond motifs is 1. The minimum Gasteiger partial charge on any atom is -0.368 e. The van der Waals surface area contributed by atoms with Crippen LogP contribution in [0.1, 0.15) is 12.8 Å². The van der Waals surface area contributed by atoms with Crippen molar-refractivity contribution in [3.8, 4) is 22.8 Å². The summed E-state index contributed by atoms with van der Waals surface area (Å²) in [5, 5.41) is 0. The molecule has 1 aromatic carbocycles. The first-order chi connectivity index (χ1) is 14.2. The van der Waals surface area contributed by atoms with Gasteiger partial charge in [0.15, 0.2) is 17.3 Å². The summed E-state index contributed by atoms with van der Waals surface area (Å²) in [7, 11) is 0. The number of imidazole rings is 1. The molecule has 8 heteroatoms. The van der Waals surface area contributed by atoms with Gasteiger partial charge in [-0.3, -0.25) is 9.78 Å². The van der Waals surface area contributed by atoms with Crippen LogP contribution in [0, 0.1) is 0 Å². The van der Waals surface area contributed by atoms with Crippen molar-refractivity contribution in [2.24, 2.45) is 5.73 Å². The predicted molar refractivity (Wildman–Crippen MR) is 110 cm³/mol. The second kappa shape index (κ2) is 6.97. The summed E-state index contributed by atoms with van der Waals surface area (Å²) >= 11 is 0. The van der Waals surface area contributed by atoms with Crippen molar-refractivity contribution in [1.29, 1.82) is 0 Å². The maximum absolute atomic E-state index is 12.0. The van der Waals surface area contributed by atoms with Crippen molar-refractivity contribution in [1.82, 2.24) is 24.9 Å². The van der Waals surface area contributed by atoms with Gasteiger partial charge in [-0.05, 0) is 25.0 Å². The summed E-state index contributed by atoms with van der Waals surface area (Å²) < 4.78 is 0. The van der Waals surface area contributed by atoms with E-state index in [1.807, 2.05) is 47.4 Å². The third-order valence-corrected chi connectivity index (χ3v) is 5.17. The van der Waals surface area contributed by atoms with Crippen LogP contribution in [0.25, 0.3) is 33.9 Å². The van der Waals surface area contributed by atoms with Crippen LogP contribution in [0.2, 0.25) is 0 Å². The van der Waals surface area contributed by atoms with Crippen molar-refractivity contribution in [3.63, 3.8) is 0 Å². The molecular formula is C21H19N7O. The minimum atomic E-state index is -0.387. The number of nitrogens with two attached hydrogens (primary N) is 1. The van der Waals surface area contributed by atoms with Gasteiger partial charge in [0.25, 0.3) is 0 Å². The van der Waals surface area contributed by atoms with E-state index in [0.29, 0.717) is 41.6 Å². The van der Waals surface area contributed by atoms with Crippen LogP contribution in [0.15, 0.2) is 54.9 Å². The molecule has 0 bridgehead atoms. The maximum atomic E-state index is 12.0. The molecule has 0 aliphatic carbocycles. The Hall–Kier alpha value is -3.81. The van der Waals surface area contributed by atoms with Gasteiger partial charge in [0.2, 0.25) is 5.91 Å². The number of rotatable bonds is 4. The molecule has 29 heavy (non-hydrogen) atoms. The van der Waals surface area contributed by atoms with Crippen molar-refractivity contribution >= 4 is 22.9 Å². The van der Waals surface area contributed by atoms with E-state index in [4.69, 9.17) is 15.7 Å². The molecule has 5 rings (SSSR count). The highest BCUT2D eigenvalue weighted by Crippen LogP contribution is 2.32. The van der Waals surface area contributed by atoms with Gasteiger partial charge in [0.05, 0.1) is 0 Å². The average molecular weight is 385 g/mol. The molecule has 1 aliphatic heterocycles. The van der Waals surface area contributed by atoms with Gasteiger partial charge >= 0.3 is 0 Å². The standard InChI is InChI=1S/C21H19N7O/c22-17(29)15-7-4-12-28(15)21-16-20(25-18(24-16)13-5-2-1-3-6-13)26-19(27-21)14-8-10-23-11-9-14/h1-3,5-6,8-11,15H,4,7,12H2,(H2,22,29)(H,24,25,26,27)/t15-/m1/s1. The lowest BCUT2D eigenvalue weighted by molar-refractivity contribution is -0.119. The lowest BCUT2D eigenvalue weighted by atomic mass is 10.2. The number of aromatic nitrogens is 5. The number of nitrogens with one attached hydrogen (secondary N) is 1. The minimum absolute atomic E-state index is 0.345. The Morgan fingerprint density at radius 3 is 2.59 bits per heavy atom. The first kappa shape index (κ1) is 17.3. The molecule has 4 aromatic rings. The number of anilines is 1. The highest BCUT2D eigenvalue weighted by atomic mass is 16.1. The Bertz CT molecular complexity index is 1170. The number of benzene rings is 1. The monoisotopic (exact) mass is 385 g/mol. The van der Waals surface area contributed by atoms with Crippen LogP contribution in [0.3, 0.4) is 0 Å². The zero-order valence-electron chi connectivity index (χ0n) is 15.6. The largest absolute Gasteiger partial charge is 0.368 e. The summed E-state index contributed by atoms with van der Waals surface area (Å²) in [5.41, 5.74) is 8.70. The molecule has 1 saturated heterocycles. The van der Waals surface area contributed by atoms with Gasteiger partial charge in [0.1, 0.15) is 17.4 Å². The highest BCUT2D eigenvalue weighted by Gasteiger charge is 2.32. The highest BCUT2D eigenvalue weighted by molar-refractivity contribution is 5.92. The maximum Gasteiger partial charge on any atom is 0.240 e. The molecular weight excluding hydrogens is 366 g/mol. The lowest BCUT2D eigenvalue weighted by Crippen LogP contribution is -2.41. The van der Waals surface area contributed by atoms with Crippen LogP contribution < -0.4 is 10.6 Å². The van der Waals surface area contributed by atoms with E-state index < -0.39 is 0 Å². The molecule has 8 nitrogen and oxygen atoms in total. The van der Waals surface area contributed by atoms with Crippen LogP contribution in [0.5, 0.6) is 0 Å². The van der Waals surface area contributed by atoms with Crippen molar-refractivity contribution in [2.75, 3.05) is 11.4 Å². The quantitative estimate of drug-likeness (QED) is 0.558. The number of aromatic amines is 1. The van der Waals surface area contributed by atoms with Crippen LogP contribution >= 0.6 is 0 Å². The Balaban J connectivity index is 1.72. The molecule has 0 radical (unpaired) electrons. The predicted octanol–water partition coefficient (Wildman–Crippen LogP) is 2.54. The van der Waals surface area contributed by atoms with E-state index >= 15 is 0 Å². The fourth-order valence-corrected chi connectivity index (χ4v) is 3.77. The van der Waals surface area contributed by atoms with Gasteiger partial charge in [0, 0.05) is 30.1 Å². The Kier molecular flexibility index (Phi) is 4.16. The fourth-order valence-electron chi connectivity index (χ4n) is 3.77. The summed E-state index contributed by atoms with van der Waals surface area (Å²) in [6.07, 6.45) is 4.99. The smallest absolute Gasteiger partial charge is 0.240 e. The van der Waals surface area contributed by atoms with E-state index in [9.17, 15) is 4.79 Å². The molecule has 1 atom stereocenters. The summed E-state index contributed by atoms with van der Waals surface area (Å²) in [5.74, 6) is 1.55. The number of hydrogen-bond acceptors (Lipinski definition) is 6. The number of carbonyl (C=O) groups excluding carboxylic acids is 1. The fraction of sp³-hybridized carbons (Fsp3) is 0.190. The number of nitrogens with zero attached hydrogens (tertiary/aromatic N) is 5. The second-order valence-corrected chi connectivity index (χ2v) is 7.01. The Morgan fingerprint density at radius 1 is 1.03 bits per heavy atom. The summed E-state index contributed by atoms with van der Waals surface area (Å²) in [6.45, 7) is 0.704. The third-order valence-electron chi connectivity index (χ3n) is 5.17. The SMILES string of the molecule is NC(=O)[C@H]1CCCN1c1nc(-c2ccncc2)nc2nc(-c3ccccc3)[nH]c12. The van der Waals surface area contributed by atoms with E-state index in [1.165, 1.54) is 0 Å². The van der Waals surface area contributed by atoms with Gasteiger partial charge < -0.3 is 15.6 Å².